The van der Waals surface area contributed by atoms with Crippen LogP contribution in [0.15, 0.2) is 42.5 Å². The number of nitrogens with one attached hydrogen (secondary N) is 2. The third-order valence-electron chi connectivity index (χ3n) is 3.23. The standard InChI is InChI=1S/C17H20N2O2/c1-12-5-4-6-15(9-12)19-17(20)18-11-21-16-8-7-13(2)14(3)10-16/h4-10H,11H2,1-3H3,(H2,18,19,20). The van der Waals surface area contributed by atoms with Crippen LogP contribution in [0.4, 0.5) is 10.5 Å². The van der Waals surface area contributed by atoms with Gasteiger partial charge in [0, 0.05) is 5.69 Å². The maximum Gasteiger partial charge on any atom is 0.321 e. The van der Waals surface area contributed by atoms with E-state index in [2.05, 4.69) is 10.6 Å². The number of hydrogen-bond acceptors (Lipinski definition) is 2. The van der Waals surface area contributed by atoms with Crippen molar-refractivity contribution < 1.29 is 9.53 Å². The van der Waals surface area contributed by atoms with Crippen LogP contribution in [0.5, 0.6) is 5.75 Å². The van der Waals surface area contributed by atoms with Gasteiger partial charge in [-0.15, -0.1) is 0 Å². The molecule has 0 heterocycles. The third-order valence-corrected chi connectivity index (χ3v) is 3.23. The monoisotopic (exact) mass is 284 g/mol. The molecule has 2 N–H and O–H groups in total. The van der Waals surface area contributed by atoms with E-state index in [-0.39, 0.29) is 12.8 Å². The topological polar surface area (TPSA) is 50.4 Å². The number of aryl methyl sites for hydroxylation is 3. The summed E-state index contributed by atoms with van der Waals surface area (Å²) in [4.78, 5) is 11.7. The molecule has 2 aromatic rings. The molecular formula is C17H20N2O2. The van der Waals surface area contributed by atoms with Crippen molar-refractivity contribution in [1.82, 2.24) is 5.32 Å². The molecule has 0 aromatic heterocycles. The minimum atomic E-state index is -0.288. The van der Waals surface area contributed by atoms with E-state index in [1.165, 1.54) is 5.56 Å². The molecule has 2 amide bonds. The molecule has 0 spiro atoms. The molecular weight excluding hydrogens is 264 g/mol. The Morgan fingerprint density at radius 2 is 1.86 bits per heavy atom. The van der Waals surface area contributed by atoms with E-state index in [4.69, 9.17) is 4.74 Å². The number of ether oxygens (including phenoxy) is 1. The molecule has 0 bridgehead atoms. The van der Waals surface area contributed by atoms with Gasteiger partial charge >= 0.3 is 6.03 Å². The van der Waals surface area contributed by atoms with Crippen molar-refractivity contribution in [2.45, 2.75) is 20.8 Å². The van der Waals surface area contributed by atoms with Gasteiger partial charge in [0.1, 0.15) is 5.75 Å². The quantitative estimate of drug-likeness (QED) is 0.840. The molecule has 0 aliphatic rings. The molecule has 0 saturated heterocycles. The van der Waals surface area contributed by atoms with Gasteiger partial charge in [-0.05, 0) is 61.7 Å². The summed E-state index contributed by atoms with van der Waals surface area (Å²) in [6.07, 6.45) is 0. The van der Waals surface area contributed by atoms with Crippen LogP contribution in [0.25, 0.3) is 0 Å². The summed E-state index contributed by atoms with van der Waals surface area (Å²) in [7, 11) is 0. The summed E-state index contributed by atoms with van der Waals surface area (Å²) in [5.41, 5.74) is 4.24. The maximum absolute atomic E-state index is 11.7. The Morgan fingerprint density at radius 3 is 2.57 bits per heavy atom. The number of carbonyl (C=O) groups excluding carboxylic acids is 1. The fraction of sp³-hybridized carbons (Fsp3) is 0.235. The van der Waals surface area contributed by atoms with Crippen molar-refractivity contribution in [2.75, 3.05) is 12.0 Å². The van der Waals surface area contributed by atoms with Gasteiger partial charge in [-0.1, -0.05) is 18.2 Å². The van der Waals surface area contributed by atoms with Gasteiger partial charge < -0.3 is 15.4 Å². The normalized spacial score (nSPS) is 10.0. The van der Waals surface area contributed by atoms with Gasteiger partial charge in [0.15, 0.2) is 6.73 Å². The highest BCUT2D eigenvalue weighted by atomic mass is 16.5. The largest absolute Gasteiger partial charge is 0.473 e. The Labute approximate surface area is 125 Å². The lowest BCUT2D eigenvalue weighted by Crippen LogP contribution is -2.32. The average molecular weight is 284 g/mol. The molecule has 21 heavy (non-hydrogen) atoms. The van der Waals surface area contributed by atoms with Gasteiger partial charge in [0.25, 0.3) is 0 Å². The second kappa shape index (κ2) is 6.79. The van der Waals surface area contributed by atoms with Gasteiger partial charge in [-0.2, -0.15) is 0 Å². The number of urea groups is 1. The van der Waals surface area contributed by atoms with Crippen molar-refractivity contribution in [3.8, 4) is 5.75 Å². The zero-order valence-electron chi connectivity index (χ0n) is 12.6. The smallest absolute Gasteiger partial charge is 0.321 e. The van der Waals surface area contributed by atoms with E-state index in [9.17, 15) is 4.79 Å². The lowest BCUT2D eigenvalue weighted by atomic mass is 10.1. The minimum Gasteiger partial charge on any atom is -0.473 e. The number of carbonyl (C=O) groups is 1. The summed E-state index contributed by atoms with van der Waals surface area (Å²) < 4.78 is 5.50. The van der Waals surface area contributed by atoms with Gasteiger partial charge in [0.05, 0.1) is 0 Å². The highest BCUT2D eigenvalue weighted by Crippen LogP contribution is 2.16. The van der Waals surface area contributed by atoms with E-state index in [1.807, 2.05) is 63.2 Å². The average Bonchev–Trinajstić information content (AvgIpc) is 2.43. The van der Waals surface area contributed by atoms with E-state index >= 15 is 0 Å². The summed E-state index contributed by atoms with van der Waals surface area (Å²) >= 11 is 0. The molecule has 2 aromatic carbocycles. The summed E-state index contributed by atoms with van der Waals surface area (Å²) in [6.45, 7) is 6.18. The van der Waals surface area contributed by atoms with Gasteiger partial charge in [-0.25, -0.2) is 4.79 Å². The Bertz CT molecular complexity index is 638. The molecule has 4 nitrogen and oxygen atoms in total. The van der Waals surface area contributed by atoms with Crippen molar-refractivity contribution in [2.24, 2.45) is 0 Å². The SMILES string of the molecule is Cc1cccc(NC(=O)NCOc2ccc(C)c(C)c2)c1. The minimum absolute atomic E-state index is 0.125. The van der Waals surface area contributed by atoms with E-state index in [0.717, 1.165) is 22.6 Å². The number of hydrogen-bond donors (Lipinski definition) is 2. The van der Waals surface area contributed by atoms with Crippen LogP contribution < -0.4 is 15.4 Å². The molecule has 0 atom stereocenters. The molecule has 0 saturated carbocycles. The van der Waals surface area contributed by atoms with Crippen molar-refractivity contribution in [3.63, 3.8) is 0 Å². The van der Waals surface area contributed by atoms with Crippen LogP contribution in [0.1, 0.15) is 16.7 Å². The van der Waals surface area contributed by atoms with Gasteiger partial charge in [-0.3, -0.25) is 0 Å². The molecule has 0 aliphatic heterocycles. The first-order chi connectivity index (χ1) is 10.0. The van der Waals surface area contributed by atoms with Crippen molar-refractivity contribution in [3.05, 3.63) is 59.2 Å². The summed E-state index contributed by atoms with van der Waals surface area (Å²) in [5.74, 6) is 0.744. The molecule has 0 radical (unpaired) electrons. The first-order valence-corrected chi connectivity index (χ1v) is 6.86. The summed E-state index contributed by atoms with van der Waals surface area (Å²) in [6, 6.07) is 13.2. The number of rotatable bonds is 4. The van der Waals surface area contributed by atoms with Crippen LogP contribution in [0, 0.1) is 20.8 Å². The molecule has 110 valence electrons. The van der Waals surface area contributed by atoms with Gasteiger partial charge in [0.2, 0.25) is 0 Å². The highest BCUT2D eigenvalue weighted by molar-refractivity contribution is 5.89. The Balaban J connectivity index is 1.80. The Kier molecular flexibility index (Phi) is 4.82. The van der Waals surface area contributed by atoms with Crippen LogP contribution in [-0.4, -0.2) is 12.8 Å². The maximum atomic E-state index is 11.7. The van der Waals surface area contributed by atoms with Crippen LogP contribution in [-0.2, 0) is 0 Å². The molecule has 2 rings (SSSR count). The summed E-state index contributed by atoms with van der Waals surface area (Å²) in [5, 5.41) is 5.42. The first-order valence-electron chi connectivity index (χ1n) is 6.86. The zero-order valence-corrected chi connectivity index (χ0v) is 12.6. The lowest BCUT2D eigenvalue weighted by molar-refractivity contribution is 0.234. The fourth-order valence-electron chi connectivity index (χ4n) is 1.89. The Morgan fingerprint density at radius 1 is 1.05 bits per heavy atom. The van der Waals surface area contributed by atoms with Crippen molar-refractivity contribution in [1.29, 1.82) is 0 Å². The molecule has 0 fully saturated rings. The predicted octanol–water partition coefficient (Wildman–Crippen LogP) is 3.77. The van der Waals surface area contributed by atoms with E-state index in [1.54, 1.807) is 0 Å². The molecule has 0 aliphatic carbocycles. The van der Waals surface area contributed by atoms with Crippen LogP contribution in [0.2, 0.25) is 0 Å². The van der Waals surface area contributed by atoms with Crippen molar-refractivity contribution >= 4 is 11.7 Å². The number of benzene rings is 2. The van der Waals surface area contributed by atoms with Crippen LogP contribution in [0.3, 0.4) is 0 Å². The predicted molar refractivity (Wildman–Crippen MR) is 84.7 cm³/mol. The van der Waals surface area contributed by atoms with E-state index in [0.29, 0.717) is 0 Å². The second-order valence-electron chi connectivity index (χ2n) is 5.04. The number of amides is 2. The third kappa shape index (κ3) is 4.53. The molecule has 4 heteroatoms. The van der Waals surface area contributed by atoms with E-state index < -0.39 is 0 Å². The molecule has 0 unspecified atom stereocenters. The number of anilines is 1. The second-order valence-corrected chi connectivity index (χ2v) is 5.04. The highest BCUT2D eigenvalue weighted by Gasteiger charge is 2.02. The Hall–Kier alpha value is -2.49. The first kappa shape index (κ1) is 14.9. The fourth-order valence-corrected chi connectivity index (χ4v) is 1.89. The van der Waals surface area contributed by atoms with Crippen LogP contribution >= 0.6 is 0 Å². The lowest BCUT2D eigenvalue weighted by Gasteiger charge is -2.10. The zero-order chi connectivity index (χ0) is 15.2.